The van der Waals surface area contributed by atoms with Gasteiger partial charge in [0.1, 0.15) is 4.21 Å². The van der Waals surface area contributed by atoms with E-state index >= 15 is 0 Å². The maximum atomic E-state index is 12.4. The number of carbonyl (C=O) groups is 1. The molecule has 1 heterocycles. The van der Waals surface area contributed by atoms with Crippen LogP contribution in [0.15, 0.2) is 46.0 Å². The van der Waals surface area contributed by atoms with E-state index in [-0.39, 0.29) is 17.1 Å². The topological polar surface area (TPSA) is 71.4 Å². The average Bonchev–Trinajstić information content (AvgIpc) is 3.03. The number of carboxylic acid groups (broad SMARTS) is 1. The molecule has 0 aliphatic carbocycles. The van der Waals surface area contributed by atoms with Crippen molar-refractivity contribution in [3.05, 3.63) is 52.4 Å². The van der Waals surface area contributed by atoms with Gasteiger partial charge in [-0.05, 0) is 48.9 Å². The summed E-state index contributed by atoms with van der Waals surface area (Å²) in [6.07, 6.45) is 0.342. The number of hydrogen-bond donors (Lipinski definition) is 1. The number of benzene rings is 1. The quantitative estimate of drug-likeness (QED) is 0.800. The molecule has 2 aromatic rings. The molecule has 0 fully saturated rings. The van der Waals surface area contributed by atoms with E-state index in [9.17, 15) is 18.3 Å². The standard InChI is InChI=1S/C16H17ClO4S2/c1-11(23(20,21)15-3-2-8-22-15)9-13(16(18)19)10-12-4-6-14(17)7-5-12/h2-8,11,13H,9-10H2,1H3,(H,18,19). The van der Waals surface area contributed by atoms with Gasteiger partial charge in [-0.1, -0.05) is 29.8 Å². The van der Waals surface area contributed by atoms with Gasteiger partial charge in [-0.25, -0.2) is 8.42 Å². The van der Waals surface area contributed by atoms with Crippen LogP contribution in [-0.2, 0) is 21.1 Å². The Morgan fingerprint density at radius 1 is 1.26 bits per heavy atom. The third-order valence-electron chi connectivity index (χ3n) is 3.67. The molecule has 1 N–H and O–H groups in total. The number of aliphatic carboxylic acids is 1. The molecule has 0 aliphatic heterocycles. The summed E-state index contributed by atoms with van der Waals surface area (Å²) < 4.78 is 25.2. The molecule has 1 aromatic heterocycles. The fourth-order valence-corrected chi connectivity index (χ4v) is 5.25. The zero-order chi connectivity index (χ0) is 17.0. The Balaban J connectivity index is 2.13. The number of hydrogen-bond acceptors (Lipinski definition) is 4. The predicted molar refractivity (Wildman–Crippen MR) is 91.9 cm³/mol. The lowest BCUT2D eigenvalue weighted by atomic mass is 9.95. The summed E-state index contributed by atoms with van der Waals surface area (Å²) in [5, 5.41) is 10.9. The van der Waals surface area contributed by atoms with E-state index in [4.69, 9.17) is 11.6 Å². The van der Waals surface area contributed by atoms with Gasteiger partial charge in [-0.2, -0.15) is 0 Å². The van der Waals surface area contributed by atoms with Gasteiger partial charge in [0.05, 0.1) is 11.2 Å². The molecule has 2 atom stereocenters. The van der Waals surface area contributed by atoms with Crippen molar-refractivity contribution in [3.8, 4) is 0 Å². The lowest BCUT2D eigenvalue weighted by molar-refractivity contribution is -0.141. The second-order valence-corrected chi connectivity index (χ2v) is 9.37. The molecule has 2 rings (SSSR count). The van der Waals surface area contributed by atoms with Gasteiger partial charge in [0.15, 0.2) is 9.84 Å². The zero-order valence-corrected chi connectivity index (χ0v) is 14.9. The zero-order valence-electron chi connectivity index (χ0n) is 12.5. The minimum atomic E-state index is -3.49. The first-order chi connectivity index (χ1) is 10.8. The van der Waals surface area contributed by atoms with Crippen LogP contribution < -0.4 is 0 Å². The maximum absolute atomic E-state index is 12.4. The first kappa shape index (κ1) is 18.0. The van der Waals surface area contributed by atoms with Crippen molar-refractivity contribution in [1.82, 2.24) is 0 Å². The molecular weight excluding hydrogens is 356 g/mol. The van der Waals surface area contributed by atoms with Gasteiger partial charge in [-0.3, -0.25) is 4.79 Å². The van der Waals surface area contributed by atoms with Crippen molar-refractivity contribution in [1.29, 1.82) is 0 Å². The number of thiophene rings is 1. The van der Waals surface area contributed by atoms with Crippen molar-refractivity contribution in [2.75, 3.05) is 0 Å². The lowest BCUT2D eigenvalue weighted by Crippen LogP contribution is -2.26. The van der Waals surface area contributed by atoms with Crippen LogP contribution in [0.5, 0.6) is 0 Å². The van der Waals surface area contributed by atoms with E-state index in [2.05, 4.69) is 0 Å². The second kappa shape index (κ2) is 7.47. The molecule has 0 amide bonds. The smallest absolute Gasteiger partial charge is 0.306 e. The lowest BCUT2D eigenvalue weighted by Gasteiger charge is -2.17. The third-order valence-corrected chi connectivity index (χ3v) is 7.51. The Hall–Kier alpha value is -1.37. The molecule has 0 saturated heterocycles. The molecule has 1 aromatic carbocycles. The minimum Gasteiger partial charge on any atom is -0.481 e. The molecule has 0 spiro atoms. The van der Waals surface area contributed by atoms with E-state index in [1.54, 1.807) is 48.7 Å². The van der Waals surface area contributed by atoms with Crippen molar-refractivity contribution in [3.63, 3.8) is 0 Å². The summed E-state index contributed by atoms with van der Waals surface area (Å²) in [6, 6.07) is 10.1. The van der Waals surface area contributed by atoms with E-state index in [1.807, 2.05) is 0 Å². The number of halogens is 1. The molecule has 0 aliphatic rings. The Labute approximate surface area is 144 Å². The van der Waals surface area contributed by atoms with Gasteiger partial charge in [-0.15, -0.1) is 11.3 Å². The largest absolute Gasteiger partial charge is 0.481 e. The second-order valence-electron chi connectivity index (χ2n) is 5.39. The van der Waals surface area contributed by atoms with Crippen LogP contribution in [0.1, 0.15) is 18.9 Å². The molecule has 2 unspecified atom stereocenters. The molecule has 124 valence electrons. The highest BCUT2D eigenvalue weighted by Crippen LogP contribution is 2.26. The highest BCUT2D eigenvalue weighted by Gasteiger charge is 2.30. The van der Waals surface area contributed by atoms with Crippen LogP contribution >= 0.6 is 22.9 Å². The first-order valence-electron chi connectivity index (χ1n) is 7.05. The van der Waals surface area contributed by atoms with Crippen LogP contribution in [0, 0.1) is 5.92 Å². The summed E-state index contributed by atoms with van der Waals surface area (Å²) in [6.45, 7) is 1.56. The molecule has 23 heavy (non-hydrogen) atoms. The van der Waals surface area contributed by atoms with Crippen LogP contribution in [0.4, 0.5) is 0 Å². The van der Waals surface area contributed by atoms with E-state index < -0.39 is 27.0 Å². The van der Waals surface area contributed by atoms with Crippen molar-refractivity contribution in [2.45, 2.75) is 29.2 Å². The SMILES string of the molecule is CC(CC(Cc1ccc(Cl)cc1)C(=O)O)S(=O)(=O)c1cccs1. The van der Waals surface area contributed by atoms with Crippen molar-refractivity contribution < 1.29 is 18.3 Å². The normalized spacial score (nSPS) is 14.3. The summed E-state index contributed by atoms with van der Waals surface area (Å²) in [7, 11) is -3.49. The summed E-state index contributed by atoms with van der Waals surface area (Å²) in [5.41, 5.74) is 0.822. The number of sulfone groups is 1. The Bertz CT molecular complexity index is 752. The van der Waals surface area contributed by atoms with Crippen LogP contribution in [0.25, 0.3) is 0 Å². The first-order valence-corrected chi connectivity index (χ1v) is 9.85. The van der Waals surface area contributed by atoms with E-state index in [0.29, 0.717) is 5.02 Å². The third kappa shape index (κ3) is 4.56. The molecule has 4 nitrogen and oxygen atoms in total. The Morgan fingerprint density at radius 2 is 1.91 bits per heavy atom. The van der Waals surface area contributed by atoms with Gasteiger partial charge in [0.2, 0.25) is 0 Å². The Morgan fingerprint density at radius 3 is 2.43 bits per heavy atom. The number of carboxylic acids is 1. The minimum absolute atomic E-state index is 0.0677. The monoisotopic (exact) mass is 372 g/mol. The Kier molecular flexibility index (Phi) is 5.84. The van der Waals surface area contributed by atoms with Gasteiger partial charge in [0.25, 0.3) is 0 Å². The predicted octanol–water partition coefficient (Wildman–Crippen LogP) is 3.90. The highest BCUT2D eigenvalue weighted by molar-refractivity contribution is 7.94. The fourth-order valence-electron chi connectivity index (χ4n) is 2.33. The highest BCUT2D eigenvalue weighted by atomic mass is 35.5. The van der Waals surface area contributed by atoms with E-state index in [0.717, 1.165) is 16.9 Å². The summed E-state index contributed by atoms with van der Waals surface area (Å²) in [4.78, 5) is 11.5. The molecule has 0 radical (unpaired) electrons. The van der Waals surface area contributed by atoms with Crippen molar-refractivity contribution in [2.24, 2.45) is 5.92 Å². The van der Waals surface area contributed by atoms with Gasteiger partial charge >= 0.3 is 5.97 Å². The average molecular weight is 373 g/mol. The molecule has 0 bridgehead atoms. The van der Waals surface area contributed by atoms with Crippen molar-refractivity contribution >= 4 is 38.7 Å². The molecule has 7 heteroatoms. The summed E-state index contributed by atoms with van der Waals surface area (Å²) >= 11 is 6.97. The van der Waals surface area contributed by atoms with Gasteiger partial charge in [0, 0.05) is 5.02 Å². The summed E-state index contributed by atoms with van der Waals surface area (Å²) in [5.74, 6) is -1.76. The molecule has 0 saturated carbocycles. The molecular formula is C16H17ClO4S2. The van der Waals surface area contributed by atoms with E-state index in [1.165, 1.54) is 0 Å². The number of rotatable bonds is 7. The fraction of sp³-hybridized carbons (Fsp3) is 0.312. The van der Waals surface area contributed by atoms with Crippen LogP contribution in [-0.4, -0.2) is 24.7 Å². The maximum Gasteiger partial charge on any atom is 0.306 e. The van der Waals surface area contributed by atoms with Crippen LogP contribution in [0.3, 0.4) is 0 Å². The van der Waals surface area contributed by atoms with Gasteiger partial charge < -0.3 is 5.11 Å². The van der Waals surface area contributed by atoms with Crippen LogP contribution in [0.2, 0.25) is 5.02 Å².